The predicted octanol–water partition coefficient (Wildman–Crippen LogP) is 16.7. The number of rotatable bonds is 7. The molecule has 3 atom stereocenters. The van der Waals surface area contributed by atoms with Gasteiger partial charge in [0.25, 0.3) is 0 Å². The first-order valence-electron chi connectivity index (χ1n) is 22.8. The predicted molar refractivity (Wildman–Crippen MR) is 268 cm³/mol. The molecule has 0 N–H and O–H groups in total. The standard InChI is InChI=1S/C62H45NO2/c1-61-53-27-12-13-28-54(53)62(44-19-7-3-8-20-44,45-21-9-4-10-22-45)57(61)40-39-52-51-26-16-29-55(59(51)65-60(52)61)63(46-35-31-42(32-36-46)41-17-5-2-6-18-41)47-37-33-43(34-38-47)48-24-15-25-50-49-23-11-14-30-56(49)64-58(48)50/h2-9,11-21,23-40,57H,10,22H2,1H3. The Kier molecular flexibility index (Phi) is 8.45. The maximum Gasteiger partial charge on any atom is 0.158 e. The summed E-state index contributed by atoms with van der Waals surface area (Å²) in [6, 6.07) is 70.2. The van der Waals surface area contributed by atoms with Crippen LogP contribution in [0.1, 0.15) is 47.8 Å². The fraction of sp³-hybridized carbons (Fsp3) is 0.0968. The molecule has 10 aromatic rings. The van der Waals surface area contributed by atoms with E-state index in [0.717, 1.165) is 85.3 Å². The zero-order valence-electron chi connectivity index (χ0n) is 36.1. The van der Waals surface area contributed by atoms with Crippen molar-refractivity contribution in [2.75, 3.05) is 4.90 Å². The van der Waals surface area contributed by atoms with Gasteiger partial charge < -0.3 is 13.7 Å². The Bertz CT molecular complexity index is 3550. The molecule has 3 aliphatic carbocycles. The van der Waals surface area contributed by atoms with Crippen LogP contribution in [0.5, 0.6) is 0 Å². The van der Waals surface area contributed by atoms with Crippen molar-refractivity contribution in [3.05, 3.63) is 252 Å². The number of nitrogens with zero attached hydrogens (tertiary/aromatic N) is 1. The summed E-state index contributed by atoms with van der Waals surface area (Å²) < 4.78 is 14.0. The van der Waals surface area contributed by atoms with Gasteiger partial charge >= 0.3 is 0 Å². The maximum absolute atomic E-state index is 7.56. The molecule has 3 nitrogen and oxygen atoms in total. The lowest BCUT2D eigenvalue weighted by molar-refractivity contribution is 0.302. The smallest absolute Gasteiger partial charge is 0.158 e. The van der Waals surface area contributed by atoms with E-state index in [4.69, 9.17) is 8.83 Å². The molecular formula is C62H45NO2. The molecule has 0 amide bonds. The summed E-state index contributed by atoms with van der Waals surface area (Å²) in [7, 11) is 0. The second kappa shape index (κ2) is 14.6. The van der Waals surface area contributed by atoms with Gasteiger partial charge in [-0.3, -0.25) is 0 Å². The van der Waals surface area contributed by atoms with E-state index in [2.05, 4.69) is 224 Å². The fourth-order valence-corrected chi connectivity index (χ4v) is 11.8. The Hall–Kier alpha value is -7.88. The molecule has 0 saturated heterocycles. The summed E-state index contributed by atoms with van der Waals surface area (Å²) in [6.07, 6.45) is 13.9. The number of furan rings is 2. The number of benzene rings is 8. The van der Waals surface area contributed by atoms with E-state index in [-0.39, 0.29) is 11.3 Å². The van der Waals surface area contributed by atoms with Crippen molar-refractivity contribution in [1.29, 1.82) is 0 Å². The second-order valence-corrected chi connectivity index (χ2v) is 18.0. The number of fused-ring (bicyclic) bond motifs is 10. The summed E-state index contributed by atoms with van der Waals surface area (Å²) >= 11 is 0. The molecule has 3 heteroatoms. The van der Waals surface area contributed by atoms with Gasteiger partial charge in [-0.05, 0) is 89.5 Å². The van der Waals surface area contributed by atoms with Crippen molar-refractivity contribution < 1.29 is 8.83 Å². The van der Waals surface area contributed by atoms with E-state index in [0.29, 0.717) is 0 Å². The maximum atomic E-state index is 7.56. The third kappa shape index (κ3) is 5.48. The Morgan fingerprint density at radius 2 is 1.18 bits per heavy atom. The highest BCUT2D eigenvalue weighted by molar-refractivity contribution is 6.09. The van der Waals surface area contributed by atoms with Crippen molar-refractivity contribution in [2.24, 2.45) is 5.92 Å². The van der Waals surface area contributed by atoms with E-state index in [1.807, 2.05) is 12.1 Å². The van der Waals surface area contributed by atoms with Crippen LogP contribution in [0.15, 0.2) is 233 Å². The largest absolute Gasteiger partial charge is 0.457 e. The Balaban J connectivity index is 0.989. The zero-order chi connectivity index (χ0) is 43.1. The normalized spacial score (nSPS) is 19.6. The van der Waals surface area contributed by atoms with Crippen LogP contribution in [0, 0.1) is 5.92 Å². The Morgan fingerprint density at radius 1 is 0.538 bits per heavy atom. The lowest BCUT2D eigenvalue weighted by Gasteiger charge is -2.44. The minimum atomic E-state index is -0.448. The van der Waals surface area contributed by atoms with Crippen molar-refractivity contribution in [1.82, 2.24) is 0 Å². The molecule has 3 aliphatic rings. The van der Waals surface area contributed by atoms with E-state index in [9.17, 15) is 0 Å². The molecule has 0 fully saturated rings. The summed E-state index contributed by atoms with van der Waals surface area (Å²) in [6.45, 7) is 2.44. The Morgan fingerprint density at radius 3 is 1.95 bits per heavy atom. The molecule has 310 valence electrons. The van der Waals surface area contributed by atoms with Crippen molar-refractivity contribution in [2.45, 2.75) is 30.6 Å². The third-order valence-electron chi connectivity index (χ3n) is 14.7. The molecule has 0 radical (unpaired) electrons. The molecule has 65 heavy (non-hydrogen) atoms. The quantitative estimate of drug-likeness (QED) is 0.160. The van der Waals surface area contributed by atoms with Crippen molar-refractivity contribution in [3.8, 4) is 22.3 Å². The Labute approximate surface area is 378 Å². The van der Waals surface area contributed by atoms with Gasteiger partial charge in [0.05, 0.1) is 11.1 Å². The molecule has 0 spiro atoms. The summed E-state index contributed by atoms with van der Waals surface area (Å²) in [4.78, 5) is 2.36. The highest BCUT2D eigenvalue weighted by atomic mass is 16.3. The average molecular weight is 836 g/mol. The van der Waals surface area contributed by atoms with Gasteiger partial charge in [-0.1, -0.05) is 194 Å². The van der Waals surface area contributed by atoms with Gasteiger partial charge in [0.1, 0.15) is 16.9 Å². The molecule has 13 rings (SSSR count). The SMILES string of the molecule is CC12c3ccccc3C(C3=CC=CCC3)(c3ccccc3)C1C=Cc1c2oc2c(N(c3ccc(-c4ccccc4)cc3)c3ccc(-c4cccc5c4oc4ccccc45)cc3)cccc12. The van der Waals surface area contributed by atoms with Crippen molar-refractivity contribution in [3.63, 3.8) is 0 Å². The number of hydrogen-bond acceptors (Lipinski definition) is 3. The molecule has 0 bridgehead atoms. The van der Waals surface area contributed by atoms with Crippen molar-refractivity contribution >= 4 is 56.0 Å². The molecule has 8 aromatic carbocycles. The topological polar surface area (TPSA) is 29.5 Å². The monoisotopic (exact) mass is 835 g/mol. The van der Waals surface area contributed by atoms with Gasteiger partial charge in [-0.25, -0.2) is 0 Å². The van der Waals surface area contributed by atoms with Gasteiger partial charge in [-0.15, -0.1) is 0 Å². The minimum Gasteiger partial charge on any atom is -0.457 e. The van der Waals surface area contributed by atoms with Crippen LogP contribution < -0.4 is 4.90 Å². The van der Waals surface area contributed by atoms with Gasteiger partial charge in [0.2, 0.25) is 0 Å². The van der Waals surface area contributed by atoms with Gasteiger partial charge in [-0.2, -0.15) is 0 Å². The van der Waals surface area contributed by atoms with E-state index < -0.39 is 5.41 Å². The average Bonchev–Trinajstić information content (AvgIpc) is 4.03. The van der Waals surface area contributed by atoms with Gasteiger partial charge in [0, 0.05) is 50.0 Å². The number of hydrogen-bond donors (Lipinski definition) is 0. The number of allylic oxidation sites excluding steroid dienone is 5. The second-order valence-electron chi connectivity index (χ2n) is 18.0. The van der Waals surface area contributed by atoms with Crippen LogP contribution >= 0.6 is 0 Å². The first kappa shape index (κ1) is 37.7. The molecule has 0 saturated carbocycles. The lowest BCUT2D eigenvalue weighted by Crippen LogP contribution is -2.42. The number of para-hydroxylation sites is 3. The van der Waals surface area contributed by atoms with Crippen LogP contribution in [0.2, 0.25) is 0 Å². The first-order chi connectivity index (χ1) is 32.1. The summed E-state index contributed by atoms with van der Waals surface area (Å²) in [5.74, 6) is 1.12. The van der Waals surface area contributed by atoms with Crippen LogP contribution in [0.3, 0.4) is 0 Å². The van der Waals surface area contributed by atoms with Crippen LogP contribution in [-0.4, -0.2) is 0 Å². The van der Waals surface area contributed by atoms with E-state index in [1.165, 1.54) is 33.4 Å². The van der Waals surface area contributed by atoms with Crippen LogP contribution in [0.4, 0.5) is 17.1 Å². The highest BCUT2D eigenvalue weighted by Crippen LogP contribution is 2.66. The molecule has 2 aromatic heterocycles. The van der Waals surface area contributed by atoms with Crippen LogP contribution in [0.25, 0.3) is 61.2 Å². The third-order valence-corrected chi connectivity index (χ3v) is 14.7. The van der Waals surface area contributed by atoms with Gasteiger partial charge in [0.15, 0.2) is 5.58 Å². The van der Waals surface area contributed by atoms with Crippen LogP contribution in [-0.2, 0) is 10.8 Å². The number of anilines is 3. The molecule has 2 heterocycles. The lowest BCUT2D eigenvalue weighted by atomic mass is 9.57. The van der Waals surface area contributed by atoms with E-state index in [1.54, 1.807) is 0 Å². The molecule has 0 aliphatic heterocycles. The molecule has 3 unspecified atom stereocenters. The fourth-order valence-electron chi connectivity index (χ4n) is 11.8. The summed E-state index contributed by atoms with van der Waals surface area (Å²) in [5, 5.41) is 3.37. The minimum absolute atomic E-state index is 0.0921. The van der Waals surface area contributed by atoms with E-state index >= 15 is 0 Å². The zero-order valence-corrected chi connectivity index (χ0v) is 36.1. The highest BCUT2D eigenvalue weighted by Gasteiger charge is 2.62. The summed E-state index contributed by atoms with van der Waals surface area (Å²) in [5.41, 5.74) is 16.1. The molecular weight excluding hydrogens is 791 g/mol. The first-order valence-corrected chi connectivity index (χ1v) is 22.8.